The zero-order valence-electron chi connectivity index (χ0n) is 13.3. The summed E-state index contributed by atoms with van der Waals surface area (Å²) in [4.78, 5) is 19.0. The molecule has 2 aromatic rings. The minimum atomic E-state index is -0.226. The molecule has 3 heterocycles. The standard InChI is InChI=1S/C18H15ClN2O3S/c19-13-3-1-12(2-4-13)15-6-5-14(24-15)11-16-17(22)20-18(25-16)21-7-9-23-10-8-21/h1-6,11H,7-10H2/b16-11-. The fourth-order valence-corrected chi connectivity index (χ4v) is 3.69. The van der Waals surface area contributed by atoms with Gasteiger partial charge in [-0.05, 0) is 48.2 Å². The average Bonchev–Trinajstić information content (AvgIpc) is 3.24. The number of aliphatic imine (C=N–C) groups is 1. The summed E-state index contributed by atoms with van der Waals surface area (Å²) in [5.74, 6) is 1.13. The van der Waals surface area contributed by atoms with Crippen LogP contribution in [0, 0.1) is 0 Å². The number of ether oxygens (including phenoxy) is 1. The maximum absolute atomic E-state index is 12.2. The van der Waals surface area contributed by atoms with Gasteiger partial charge in [0, 0.05) is 29.8 Å². The van der Waals surface area contributed by atoms with Crippen LogP contribution >= 0.6 is 23.4 Å². The molecule has 128 valence electrons. The van der Waals surface area contributed by atoms with Crippen molar-refractivity contribution >= 4 is 40.5 Å². The van der Waals surface area contributed by atoms with Crippen molar-refractivity contribution in [2.24, 2.45) is 4.99 Å². The summed E-state index contributed by atoms with van der Waals surface area (Å²) in [6.45, 7) is 2.84. The van der Waals surface area contributed by atoms with Gasteiger partial charge >= 0.3 is 0 Å². The van der Waals surface area contributed by atoms with Gasteiger partial charge in [-0.3, -0.25) is 4.79 Å². The topological polar surface area (TPSA) is 55.0 Å². The van der Waals surface area contributed by atoms with Crippen molar-refractivity contribution in [3.8, 4) is 11.3 Å². The number of morpholine rings is 1. The molecule has 2 aliphatic heterocycles. The number of carbonyl (C=O) groups is 1. The Morgan fingerprint density at radius 2 is 1.88 bits per heavy atom. The van der Waals surface area contributed by atoms with Gasteiger partial charge in [0.15, 0.2) is 5.17 Å². The van der Waals surface area contributed by atoms with E-state index in [1.165, 1.54) is 11.8 Å². The van der Waals surface area contributed by atoms with Crippen molar-refractivity contribution in [1.29, 1.82) is 0 Å². The van der Waals surface area contributed by atoms with E-state index < -0.39 is 0 Å². The zero-order chi connectivity index (χ0) is 17.2. The Kier molecular flexibility index (Phi) is 4.65. The van der Waals surface area contributed by atoms with Gasteiger partial charge in [0.25, 0.3) is 5.91 Å². The molecule has 0 spiro atoms. The number of benzene rings is 1. The second kappa shape index (κ2) is 7.07. The fourth-order valence-electron chi connectivity index (χ4n) is 2.62. The number of hydrogen-bond acceptors (Lipinski definition) is 5. The summed E-state index contributed by atoms with van der Waals surface area (Å²) in [5.41, 5.74) is 0.935. The van der Waals surface area contributed by atoms with Crippen LogP contribution in [-0.4, -0.2) is 42.3 Å². The van der Waals surface area contributed by atoms with E-state index in [2.05, 4.69) is 9.89 Å². The van der Waals surface area contributed by atoms with Crippen LogP contribution < -0.4 is 0 Å². The zero-order valence-corrected chi connectivity index (χ0v) is 14.8. The van der Waals surface area contributed by atoms with E-state index in [1.807, 2.05) is 36.4 Å². The van der Waals surface area contributed by atoms with Crippen LogP contribution in [0.2, 0.25) is 5.02 Å². The first kappa shape index (κ1) is 16.4. The molecule has 0 radical (unpaired) electrons. The molecule has 2 aliphatic rings. The van der Waals surface area contributed by atoms with Gasteiger partial charge in [0.2, 0.25) is 0 Å². The van der Waals surface area contributed by atoms with E-state index in [0.29, 0.717) is 28.9 Å². The Morgan fingerprint density at radius 3 is 2.64 bits per heavy atom. The predicted octanol–water partition coefficient (Wildman–Crippen LogP) is 3.90. The van der Waals surface area contributed by atoms with Crippen LogP contribution in [0.15, 0.2) is 50.7 Å². The largest absolute Gasteiger partial charge is 0.457 e. The monoisotopic (exact) mass is 374 g/mol. The highest BCUT2D eigenvalue weighted by atomic mass is 35.5. The fraction of sp³-hybridized carbons (Fsp3) is 0.222. The van der Waals surface area contributed by atoms with Gasteiger partial charge in [-0.1, -0.05) is 11.6 Å². The molecule has 1 fully saturated rings. The highest BCUT2D eigenvalue weighted by Crippen LogP contribution is 2.32. The first-order valence-corrected chi connectivity index (χ1v) is 9.09. The maximum Gasteiger partial charge on any atom is 0.286 e. The van der Waals surface area contributed by atoms with Gasteiger partial charge < -0.3 is 14.1 Å². The molecule has 7 heteroatoms. The number of rotatable bonds is 2. The average molecular weight is 375 g/mol. The summed E-state index contributed by atoms with van der Waals surface area (Å²) < 4.78 is 11.2. The molecular weight excluding hydrogens is 360 g/mol. The van der Waals surface area contributed by atoms with Crippen LogP contribution in [0.4, 0.5) is 0 Å². The van der Waals surface area contributed by atoms with Gasteiger partial charge in [-0.15, -0.1) is 0 Å². The number of amidine groups is 1. The first-order valence-electron chi connectivity index (χ1n) is 7.90. The molecule has 1 saturated heterocycles. The van der Waals surface area contributed by atoms with Crippen molar-refractivity contribution in [2.45, 2.75) is 0 Å². The summed E-state index contributed by atoms with van der Waals surface area (Å²) in [5, 5.41) is 1.42. The van der Waals surface area contributed by atoms with Crippen molar-refractivity contribution in [1.82, 2.24) is 4.90 Å². The van der Waals surface area contributed by atoms with Crippen LogP contribution in [-0.2, 0) is 9.53 Å². The third kappa shape index (κ3) is 3.66. The molecule has 0 N–H and O–H groups in total. The highest BCUT2D eigenvalue weighted by molar-refractivity contribution is 8.18. The van der Waals surface area contributed by atoms with E-state index >= 15 is 0 Å². The normalized spacial score (nSPS) is 19.6. The molecule has 25 heavy (non-hydrogen) atoms. The Morgan fingerprint density at radius 1 is 1.12 bits per heavy atom. The Hall–Kier alpha value is -2.02. The minimum absolute atomic E-state index is 0.226. The van der Waals surface area contributed by atoms with Gasteiger partial charge in [0.05, 0.1) is 18.1 Å². The lowest BCUT2D eigenvalue weighted by Gasteiger charge is -2.27. The van der Waals surface area contributed by atoms with E-state index in [1.54, 1.807) is 6.08 Å². The van der Waals surface area contributed by atoms with Crippen LogP contribution in [0.25, 0.3) is 17.4 Å². The van der Waals surface area contributed by atoms with Crippen molar-refractivity contribution < 1.29 is 13.9 Å². The summed E-state index contributed by atoms with van der Waals surface area (Å²) >= 11 is 7.29. The number of furan rings is 1. The summed E-state index contributed by atoms with van der Waals surface area (Å²) in [7, 11) is 0. The lowest BCUT2D eigenvalue weighted by molar-refractivity contribution is -0.113. The summed E-state index contributed by atoms with van der Waals surface area (Å²) in [6, 6.07) is 11.1. The number of amides is 1. The van der Waals surface area contributed by atoms with E-state index in [9.17, 15) is 4.79 Å². The number of hydrogen-bond donors (Lipinski definition) is 0. The van der Waals surface area contributed by atoms with E-state index in [-0.39, 0.29) is 5.91 Å². The van der Waals surface area contributed by atoms with Crippen molar-refractivity contribution in [3.63, 3.8) is 0 Å². The molecule has 1 amide bonds. The van der Waals surface area contributed by atoms with Crippen LogP contribution in [0.1, 0.15) is 5.76 Å². The second-order valence-corrected chi connectivity index (χ2v) is 7.06. The Balaban J connectivity index is 1.50. The molecule has 4 rings (SSSR count). The van der Waals surface area contributed by atoms with Crippen LogP contribution in [0.3, 0.4) is 0 Å². The predicted molar refractivity (Wildman–Crippen MR) is 99.6 cm³/mol. The Labute approximate surface area is 154 Å². The lowest BCUT2D eigenvalue weighted by Crippen LogP contribution is -2.38. The molecule has 1 aromatic heterocycles. The highest BCUT2D eigenvalue weighted by Gasteiger charge is 2.27. The van der Waals surface area contributed by atoms with Crippen molar-refractivity contribution in [2.75, 3.05) is 26.3 Å². The smallest absolute Gasteiger partial charge is 0.286 e. The Bertz CT molecular complexity index is 851. The summed E-state index contributed by atoms with van der Waals surface area (Å²) in [6.07, 6.45) is 1.74. The van der Waals surface area contributed by atoms with Gasteiger partial charge in [-0.25, -0.2) is 0 Å². The lowest BCUT2D eigenvalue weighted by atomic mass is 10.2. The molecular formula is C18H15ClN2O3S. The second-order valence-electron chi connectivity index (χ2n) is 5.62. The number of halogens is 1. The van der Waals surface area contributed by atoms with E-state index in [4.69, 9.17) is 20.8 Å². The maximum atomic E-state index is 12.2. The quantitative estimate of drug-likeness (QED) is 0.746. The SMILES string of the molecule is O=C1N=C(N2CCOCC2)S/C1=C\c1ccc(-c2ccc(Cl)cc2)o1. The first-order chi connectivity index (χ1) is 12.2. The van der Waals surface area contributed by atoms with Crippen LogP contribution in [0.5, 0.6) is 0 Å². The number of nitrogens with zero attached hydrogens (tertiary/aromatic N) is 2. The number of carbonyl (C=O) groups excluding carboxylic acids is 1. The molecule has 1 aromatic carbocycles. The molecule has 0 aliphatic carbocycles. The minimum Gasteiger partial charge on any atom is -0.457 e. The van der Waals surface area contributed by atoms with E-state index in [0.717, 1.165) is 29.6 Å². The third-order valence-corrected chi connectivity index (χ3v) is 5.22. The van der Waals surface area contributed by atoms with Gasteiger partial charge in [0.1, 0.15) is 11.5 Å². The molecule has 0 atom stereocenters. The molecule has 0 saturated carbocycles. The third-order valence-electron chi connectivity index (χ3n) is 3.92. The molecule has 0 bridgehead atoms. The molecule has 5 nitrogen and oxygen atoms in total. The number of thioether (sulfide) groups is 1. The molecule has 0 unspecified atom stereocenters. The van der Waals surface area contributed by atoms with Gasteiger partial charge in [-0.2, -0.15) is 4.99 Å². The van der Waals surface area contributed by atoms with Crippen molar-refractivity contribution in [3.05, 3.63) is 52.1 Å².